The van der Waals surface area contributed by atoms with Crippen LogP contribution in [0.5, 0.6) is 0 Å². The van der Waals surface area contributed by atoms with Crippen molar-refractivity contribution in [2.24, 2.45) is 11.7 Å². The van der Waals surface area contributed by atoms with E-state index in [1.54, 1.807) is 26.2 Å². The smallest absolute Gasteiger partial charge is 0.226 e. The molecule has 17 heavy (non-hydrogen) atoms. The molecule has 0 aliphatic carbocycles. The number of halogens is 2. The largest absolute Gasteiger partial charge is 0.349 e. The van der Waals surface area contributed by atoms with Gasteiger partial charge in [-0.2, -0.15) is 0 Å². The summed E-state index contributed by atoms with van der Waals surface area (Å²) in [4.78, 5) is 13.2. The fourth-order valence-corrected chi connectivity index (χ4v) is 1.54. The summed E-state index contributed by atoms with van der Waals surface area (Å²) >= 11 is 0. The van der Waals surface area contributed by atoms with Crippen molar-refractivity contribution in [3.8, 4) is 0 Å². The normalized spacial score (nSPS) is 11.5. The molecule has 5 heteroatoms. The number of benzene rings is 1. The van der Waals surface area contributed by atoms with Crippen LogP contribution in [0.15, 0.2) is 24.3 Å². The third kappa shape index (κ3) is 4.71. The first-order valence-corrected chi connectivity index (χ1v) is 5.20. The van der Waals surface area contributed by atoms with Crippen LogP contribution < -0.4 is 5.73 Å². The van der Waals surface area contributed by atoms with Gasteiger partial charge in [0, 0.05) is 20.6 Å². The topological polar surface area (TPSA) is 46.3 Å². The summed E-state index contributed by atoms with van der Waals surface area (Å²) in [5.74, 6) is -0.501. The fraction of sp³-hybridized carbons (Fsp3) is 0.417. The lowest BCUT2D eigenvalue weighted by atomic mass is 9.98. The molecule has 1 rings (SSSR count). The molecule has 1 atom stereocenters. The Hall–Kier alpha value is -1.13. The number of carbonyl (C=O) groups is 1. The predicted molar refractivity (Wildman–Crippen MR) is 68.6 cm³/mol. The number of nitrogens with two attached hydrogens (primary N) is 1. The zero-order valence-electron chi connectivity index (χ0n) is 10.0. The lowest BCUT2D eigenvalue weighted by molar-refractivity contribution is -0.132. The molecular weight excluding hydrogens is 243 g/mol. The second kappa shape index (κ2) is 7.25. The zero-order valence-corrected chi connectivity index (χ0v) is 10.8. The summed E-state index contributed by atoms with van der Waals surface area (Å²) in [5, 5.41) is 0. The van der Waals surface area contributed by atoms with Crippen LogP contribution in [0.3, 0.4) is 0 Å². The third-order valence-corrected chi connectivity index (χ3v) is 2.47. The number of amides is 1. The Bertz CT molecular complexity index is 354. The van der Waals surface area contributed by atoms with E-state index in [1.165, 1.54) is 17.0 Å². The highest BCUT2D eigenvalue weighted by molar-refractivity contribution is 5.85. The van der Waals surface area contributed by atoms with E-state index in [4.69, 9.17) is 5.73 Å². The molecule has 0 heterocycles. The SMILES string of the molecule is CN(C)C(=O)C(CN)Cc1ccc(F)cc1.Cl. The lowest BCUT2D eigenvalue weighted by Gasteiger charge is -2.19. The van der Waals surface area contributed by atoms with Crippen molar-refractivity contribution >= 4 is 18.3 Å². The van der Waals surface area contributed by atoms with Crippen molar-refractivity contribution in [2.45, 2.75) is 6.42 Å². The van der Waals surface area contributed by atoms with Crippen LogP contribution in [0, 0.1) is 11.7 Å². The quantitative estimate of drug-likeness (QED) is 0.891. The maximum Gasteiger partial charge on any atom is 0.226 e. The Balaban J connectivity index is 0.00000256. The van der Waals surface area contributed by atoms with Gasteiger partial charge in [-0.15, -0.1) is 12.4 Å². The van der Waals surface area contributed by atoms with E-state index in [9.17, 15) is 9.18 Å². The molecular formula is C12H18ClFN2O. The van der Waals surface area contributed by atoms with Crippen LogP contribution in [0.25, 0.3) is 0 Å². The van der Waals surface area contributed by atoms with Crippen molar-refractivity contribution in [2.75, 3.05) is 20.6 Å². The maximum atomic E-state index is 12.7. The molecule has 1 unspecified atom stereocenters. The Morgan fingerprint density at radius 1 is 1.35 bits per heavy atom. The molecule has 96 valence electrons. The van der Waals surface area contributed by atoms with Crippen molar-refractivity contribution in [1.82, 2.24) is 4.90 Å². The van der Waals surface area contributed by atoms with Gasteiger partial charge in [-0.05, 0) is 24.1 Å². The van der Waals surface area contributed by atoms with Crippen LogP contribution in [0.1, 0.15) is 5.56 Å². The second-order valence-electron chi connectivity index (χ2n) is 4.00. The minimum absolute atomic E-state index is 0. The van der Waals surface area contributed by atoms with Gasteiger partial charge in [-0.3, -0.25) is 4.79 Å². The van der Waals surface area contributed by atoms with Crippen molar-refractivity contribution < 1.29 is 9.18 Å². The van der Waals surface area contributed by atoms with Crippen LogP contribution in [-0.4, -0.2) is 31.4 Å². The van der Waals surface area contributed by atoms with Gasteiger partial charge in [0.1, 0.15) is 5.82 Å². The van der Waals surface area contributed by atoms with Crippen LogP contribution in [0.4, 0.5) is 4.39 Å². The minimum Gasteiger partial charge on any atom is -0.349 e. The molecule has 1 aromatic rings. The predicted octanol–water partition coefficient (Wildman–Crippen LogP) is 1.45. The van der Waals surface area contributed by atoms with E-state index in [0.29, 0.717) is 13.0 Å². The zero-order chi connectivity index (χ0) is 12.1. The monoisotopic (exact) mass is 260 g/mol. The molecule has 0 radical (unpaired) electrons. The van der Waals surface area contributed by atoms with Crippen LogP contribution in [-0.2, 0) is 11.2 Å². The summed E-state index contributed by atoms with van der Waals surface area (Å²) in [6.07, 6.45) is 0.549. The van der Waals surface area contributed by atoms with Crippen molar-refractivity contribution in [1.29, 1.82) is 0 Å². The standard InChI is InChI=1S/C12H17FN2O.ClH/c1-15(2)12(16)10(8-14)7-9-3-5-11(13)6-4-9;/h3-6,10H,7-8,14H2,1-2H3;1H. The van der Waals surface area contributed by atoms with E-state index >= 15 is 0 Å². The number of hydrogen-bond acceptors (Lipinski definition) is 2. The van der Waals surface area contributed by atoms with Gasteiger partial charge in [0.05, 0.1) is 5.92 Å². The summed E-state index contributed by atoms with van der Waals surface area (Å²) in [7, 11) is 3.41. The number of nitrogens with zero attached hydrogens (tertiary/aromatic N) is 1. The van der Waals surface area contributed by atoms with Gasteiger partial charge in [-0.1, -0.05) is 12.1 Å². The van der Waals surface area contributed by atoms with Crippen molar-refractivity contribution in [3.05, 3.63) is 35.6 Å². The van der Waals surface area contributed by atoms with Gasteiger partial charge < -0.3 is 10.6 Å². The van der Waals surface area contributed by atoms with E-state index in [0.717, 1.165) is 5.56 Å². The first-order chi connectivity index (χ1) is 7.54. The van der Waals surface area contributed by atoms with E-state index < -0.39 is 0 Å². The number of hydrogen-bond donors (Lipinski definition) is 1. The van der Waals surface area contributed by atoms with Gasteiger partial charge in [-0.25, -0.2) is 4.39 Å². The average molecular weight is 261 g/mol. The van der Waals surface area contributed by atoms with E-state index in [-0.39, 0.29) is 30.0 Å². The molecule has 2 N–H and O–H groups in total. The highest BCUT2D eigenvalue weighted by atomic mass is 35.5. The summed E-state index contributed by atoms with van der Waals surface area (Å²) in [6.45, 7) is 0.300. The minimum atomic E-state index is -0.271. The Kier molecular flexibility index (Phi) is 6.76. The number of rotatable bonds is 4. The average Bonchev–Trinajstić information content (AvgIpc) is 2.27. The molecule has 0 spiro atoms. The van der Waals surface area contributed by atoms with Crippen LogP contribution in [0.2, 0.25) is 0 Å². The molecule has 1 aromatic carbocycles. The molecule has 0 bridgehead atoms. The maximum absolute atomic E-state index is 12.7. The van der Waals surface area contributed by atoms with Gasteiger partial charge in [0.2, 0.25) is 5.91 Å². The first-order valence-electron chi connectivity index (χ1n) is 5.20. The highest BCUT2D eigenvalue weighted by Gasteiger charge is 2.18. The third-order valence-electron chi connectivity index (χ3n) is 2.47. The molecule has 1 amide bonds. The fourth-order valence-electron chi connectivity index (χ4n) is 1.54. The summed E-state index contributed by atoms with van der Waals surface area (Å²) < 4.78 is 12.7. The van der Waals surface area contributed by atoms with Gasteiger partial charge in [0.15, 0.2) is 0 Å². The highest BCUT2D eigenvalue weighted by Crippen LogP contribution is 2.11. The van der Waals surface area contributed by atoms with Gasteiger partial charge in [0.25, 0.3) is 0 Å². The van der Waals surface area contributed by atoms with Crippen molar-refractivity contribution in [3.63, 3.8) is 0 Å². The van der Waals surface area contributed by atoms with Gasteiger partial charge >= 0.3 is 0 Å². The van der Waals surface area contributed by atoms with E-state index in [2.05, 4.69) is 0 Å². The molecule has 0 fully saturated rings. The Morgan fingerprint density at radius 2 is 1.88 bits per heavy atom. The molecule has 0 saturated carbocycles. The molecule has 3 nitrogen and oxygen atoms in total. The molecule has 0 aromatic heterocycles. The van der Waals surface area contributed by atoms with Crippen LogP contribution >= 0.6 is 12.4 Å². The molecule has 0 saturated heterocycles. The summed E-state index contributed by atoms with van der Waals surface area (Å²) in [5.41, 5.74) is 6.49. The Morgan fingerprint density at radius 3 is 2.29 bits per heavy atom. The summed E-state index contributed by atoms with van der Waals surface area (Å²) in [6, 6.07) is 6.15. The molecule has 0 aliphatic rings. The first kappa shape index (κ1) is 15.9. The second-order valence-corrected chi connectivity index (χ2v) is 4.00. The van der Waals surface area contributed by atoms with E-state index in [1.807, 2.05) is 0 Å². The molecule has 0 aliphatic heterocycles. The number of carbonyl (C=O) groups excluding carboxylic acids is 1. The Labute approximate surface area is 107 Å². The lowest BCUT2D eigenvalue weighted by Crippen LogP contribution is -2.35.